The first kappa shape index (κ1) is 29.8. The molecule has 1 unspecified atom stereocenters. The lowest BCUT2D eigenvalue weighted by atomic mass is 9.85. The van der Waals surface area contributed by atoms with Crippen molar-refractivity contribution >= 4 is 17.7 Å². The Morgan fingerprint density at radius 2 is 1.63 bits per heavy atom. The minimum absolute atomic E-state index is 0.174. The number of alkyl halides is 3. The zero-order valence-electron chi connectivity index (χ0n) is 22.8. The van der Waals surface area contributed by atoms with E-state index >= 15 is 0 Å². The molecule has 0 aliphatic heterocycles. The molecule has 0 radical (unpaired) electrons. The maximum absolute atomic E-state index is 13.9. The van der Waals surface area contributed by atoms with Crippen molar-refractivity contribution in [2.75, 3.05) is 0 Å². The average molecular weight is 570 g/mol. The number of carbonyl (C=O) groups excluding carboxylic acids is 3. The van der Waals surface area contributed by atoms with E-state index in [-0.39, 0.29) is 5.69 Å². The zero-order chi connectivity index (χ0) is 29.6. The first-order valence-electron chi connectivity index (χ1n) is 13.8. The van der Waals surface area contributed by atoms with Crippen LogP contribution in [0.4, 0.5) is 13.2 Å². The summed E-state index contributed by atoms with van der Waals surface area (Å²) in [7, 11) is 0. The van der Waals surface area contributed by atoms with Crippen LogP contribution in [0.3, 0.4) is 0 Å². The third-order valence-corrected chi connectivity index (χ3v) is 7.54. The lowest BCUT2D eigenvalue weighted by Gasteiger charge is -2.23. The molecule has 218 valence electrons. The molecule has 1 aliphatic carbocycles. The first-order chi connectivity index (χ1) is 19.5. The second kappa shape index (κ2) is 13.0. The highest BCUT2D eigenvalue weighted by Crippen LogP contribution is 2.34. The number of amides is 3. The van der Waals surface area contributed by atoms with Crippen LogP contribution in [0.25, 0.3) is 5.69 Å². The van der Waals surface area contributed by atoms with Gasteiger partial charge in [-0.3, -0.25) is 14.4 Å². The smallest absolute Gasteiger partial charge is 0.368 e. The first-order valence-corrected chi connectivity index (χ1v) is 13.8. The molecule has 2 aromatic carbocycles. The second-order valence-electron chi connectivity index (χ2n) is 10.5. The van der Waals surface area contributed by atoms with Crippen molar-refractivity contribution in [3.05, 3.63) is 83.2 Å². The van der Waals surface area contributed by atoms with Gasteiger partial charge in [0.05, 0.1) is 23.5 Å². The molecule has 4 N–H and O–H groups in total. The van der Waals surface area contributed by atoms with E-state index in [0.29, 0.717) is 28.1 Å². The van der Waals surface area contributed by atoms with E-state index in [1.807, 2.05) is 0 Å². The number of carbonyl (C=O) groups is 3. The highest BCUT2D eigenvalue weighted by atomic mass is 19.4. The summed E-state index contributed by atoms with van der Waals surface area (Å²) < 4.78 is 42.5. The largest absolute Gasteiger partial charge is 0.434 e. The Balaban J connectivity index is 1.40. The van der Waals surface area contributed by atoms with Gasteiger partial charge in [-0.05, 0) is 55.5 Å². The Labute approximate surface area is 236 Å². The van der Waals surface area contributed by atoms with Crippen molar-refractivity contribution in [3.63, 3.8) is 0 Å². The molecule has 0 bridgehead atoms. The van der Waals surface area contributed by atoms with E-state index in [0.717, 1.165) is 25.5 Å². The molecule has 2 atom stereocenters. The highest BCUT2D eigenvalue weighted by Gasteiger charge is 2.40. The van der Waals surface area contributed by atoms with Crippen molar-refractivity contribution in [3.8, 4) is 5.69 Å². The molecule has 0 spiro atoms. The molecule has 8 nitrogen and oxygen atoms in total. The van der Waals surface area contributed by atoms with E-state index in [4.69, 9.17) is 5.73 Å². The number of nitrogens with zero attached hydrogens (tertiary/aromatic N) is 2. The van der Waals surface area contributed by atoms with Gasteiger partial charge in [0, 0.05) is 5.56 Å². The predicted octanol–water partition coefficient (Wildman–Crippen LogP) is 5.33. The maximum atomic E-state index is 13.9. The fraction of sp³-hybridized carbons (Fsp3) is 0.400. The lowest BCUT2D eigenvalue weighted by Crippen LogP contribution is -2.44. The van der Waals surface area contributed by atoms with Crippen LogP contribution in [-0.2, 0) is 11.0 Å². The van der Waals surface area contributed by atoms with Gasteiger partial charge in [-0.1, -0.05) is 62.4 Å². The zero-order valence-corrected chi connectivity index (χ0v) is 22.8. The van der Waals surface area contributed by atoms with Gasteiger partial charge < -0.3 is 16.4 Å². The Kier molecular flexibility index (Phi) is 9.46. The summed E-state index contributed by atoms with van der Waals surface area (Å²) >= 11 is 0. The van der Waals surface area contributed by atoms with E-state index in [9.17, 15) is 27.6 Å². The number of hydrogen-bond donors (Lipinski definition) is 3. The SMILES string of the molecule is CC(NC(=O)c1cnn(-c2ccccc2)c1C(F)(F)F)c1ccc(C(=O)N[C@@H](CCC2CCCCC2)C(N)=O)cc1. The number of hydrogen-bond acceptors (Lipinski definition) is 4. The van der Waals surface area contributed by atoms with Crippen molar-refractivity contribution < 1.29 is 27.6 Å². The number of aromatic nitrogens is 2. The molecule has 41 heavy (non-hydrogen) atoms. The van der Waals surface area contributed by atoms with Crippen LogP contribution >= 0.6 is 0 Å². The van der Waals surface area contributed by atoms with Crippen LogP contribution in [0.2, 0.25) is 0 Å². The van der Waals surface area contributed by atoms with Crippen molar-refractivity contribution in [1.82, 2.24) is 20.4 Å². The second-order valence-corrected chi connectivity index (χ2v) is 10.5. The summed E-state index contributed by atoms with van der Waals surface area (Å²) in [6.45, 7) is 1.62. The van der Waals surface area contributed by atoms with Gasteiger partial charge in [-0.2, -0.15) is 18.3 Å². The minimum atomic E-state index is -4.82. The van der Waals surface area contributed by atoms with Crippen LogP contribution < -0.4 is 16.4 Å². The van der Waals surface area contributed by atoms with Crippen molar-refractivity contribution in [2.24, 2.45) is 11.7 Å². The summed E-state index contributed by atoms with van der Waals surface area (Å²) in [6, 6.07) is 12.6. The monoisotopic (exact) mass is 569 g/mol. The van der Waals surface area contributed by atoms with Gasteiger partial charge >= 0.3 is 6.18 Å². The topological polar surface area (TPSA) is 119 Å². The fourth-order valence-electron chi connectivity index (χ4n) is 5.24. The van der Waals surface area contributed by atoms with Gasteiger partial charge in [-0.25, -0.2) is 4.68 Å². The average Bonchev–Trinajstić information content (AvgIpc) is 3.43. The van der Waals surface area contributed by atoms with Crippen LogP contribution in [-0.4, -0.2) is 33.5 Å². The number of benzene rings is 2. The number of primary amides is 1. The van der Waals surface area contributed by atoms with E-state index in [1.54, 1.807) is 37.3 Å². The maximum Gasteiger partial charge on any atom is 0.434 e. The molecular formula is C30H34F3N5O3. The molecule has 4 rings (SSSR count). The third kappa shape index (κ3) is 7.53. The lowest BCUT2D eigenvalue weighted by molar-refractivity contribution is -0.143. The van der Waals surface area contributed by atoms with Crippen LogP contribution in [0.1, 0.15) is 89.9 Å². The van der Waals surface area contributed by atoms with E-state index in [2.05, 4.69) is 15.7 Å². The summed E-state index contributed by atoms with van der Waals surface area (Å²) in [5.74, 6) is -1.44. The summed E-state index contributed by atoms with van der Waals surface area (Å²) in [5.41, 5.74) is 4.80. The third-order valence-electron chi connectivity index (χ3n) is 7.54. The van der Waals surface area contributed by atoms with Gasteiger partial charge in [0.1, 0.15) is 6.04 Å². The Hall–Kier alpha value is -4.15. The molecule has 1 aliphatic rings. The Morgan fingerprint density at radius 1 is 0.976 bits per heavy atom. The molecule has 3 aromatic rings. The fourth-order valence-corrected chi connectivity index (χ4v) is 5.24. The van der Waals surface area contributed by atoms with Gasteiger partial charge in [0.2, 0.25) is 5.91 Å². The molecular weight excluding hydrogens is 535 g/mol. The number of rotatable bonds is 10. The Morgan fingerprint density at radius 3 is 2.24 bits per heavy atom. The van der Waals surface area contributed by atoms with Gasteiger partial charge in [-0.15, -0.1) is 0 Å². The molecule has 3 amide bonds. The predicted molar refractivity (Wildman–Crippen MR) is 147 cm³/mol. The number of para-hydroxylation sites is 1. The van der Waals surface area contributed by atoms with Gasteiger partial charge in [0.25, 0.3) is 11.8 Å². The molecule has 1 saturated carbocycles. The summed E-state index contributed by atoms with van der Waals surface area (Å²) in [5, 5.41) is 9.11. The molecule has 1 aromatic heterocycles. The molecule has 1 fully saturated rings. The normalized spacial score (nSPS) is 15.6. The summed E-state index contributed by atoms with van der Waals surface area (Å²) in [4.78, 5) is 37.7. The number of halogens is 3. The molecule has 1 heterocycles. The van der Waals surface area contributed by atoms with Crippen LogP contribution in [0, 0.1) is 5.92 Å². The molecule has 0 saturated heterocycles. The van der Waals surface area contributed by atoms with E-state index in [1.165, 1.54) is 43.5 Å². The highest BCUT2D eigenvalue weighted by molar-refractivity contribution is 5.97. The minimum Gasteiger partial charge on any atom is -0.368 e. The van der Waals surface area contributed by atoms with Crippen LogP contribution in [0.5, 0.6) is 0 Å². The Bertz CT molecular complexity index is 1350. The van der Waals surface area contributed by atoms with E-state index < -0.39 is 47.2 Å². The van der Waals surface area contributed by atoms with Crippen LogP contribution in [0.15, 0.2) is 60.8 Å². The van der Waals surface area contributed by atoms with Crippen molar-refractivity contribution in [2.45, 2.75) is 70.1 Å². The van der Waals surface area contributed by atoms with Gasteiger partial charge in [0.15, 0.2) is 5.69 Å². The number of nitrogens with two attached hydrogens (primary N) is 1. The number of nitrogens with one attached hydrogen (secondary N) is 2. The quantitative estimate of drug-likeness (QED) is 0.306. The molecule has 11 heteroatoms. The standard InChI is InChI=1S/C30H34F3N5O3/c1-19(36-29(41)24-18-35-38(26(24)30(31,32)33)23-10-6-3-7-11-23)21-13-15-22(16-14-21)28(40)37-25(27(34)39)17-12-20-8-4-2-5-9-20/h3,6-7,10-11,13-16,18-20,25H,2,4-5,8-9,12,17H2,1H3,(H2,34,39)(H,36,41)(H,37,40)/t19?,25-/m0/s1. The van der Waals surface area contributed by atoms with Crippen molar-refractivity contribution in [1.29, 1.82) is 0 Å². The summed E-state index contributed by atoms with van der Waals surface area (Å²) in [6.07, 6.45) is 3.24.